The zero-order valence-corrected chi connectivity index (χ0v) is 13.2. The number of likely N-dealkylation sites (tertiary alicyclic amines) is 1. The highest BCUT2D eigenvalue weighted by Gasteiger charge is 2.37. The van der Waals surface area contributed by atoms with E-state index in [1.165, 1.54) is 4.90 Å². The molecule has 7 nitrogen and oxygen atoms in total. The average molecular weight is 317 g/mol. The summed E-state index contributed by atoms with van der Waals surface area (Å²) in [5.74, 6) is -1.83. The highest BCUT2D eigenvalue weighted by molar-refractivity contribution is 7.80. The molecule has 120 valence electrons. The molecule has 0 bridgehead atoms. The first-order valence-corrected chi connectivity index (χ1v) is 7.63. The van der Waals surface area contributed by atoms with Gasteiger partial charge < -0.3 is 21.1 Å². The fraction of sp³-hybridized carbons (Fsp3) is 0.769. The Morgan fingerprint density at radius 2 is 2.05 bits per heavy atom. The summed E-state index contributed by atoms with van der Waals surface area (Å²) in [5, 5.41) is 11.7. The lowest BCUT2D eigenvalue weighted by Crippen LogP contribution is -2.56. The minimum atomic E-state index is -1.02. The normalized spacial score (nSPS) is 21.2. The maximum absolute atomic E-state index is 12.4. The lowest BCUT2D eigenvalue weighted by molar-refractivity contribution is -0.149. The number of nitrogens with two attached hydrogens (primary N) is 1. The Hall–Kier alpha value is -1.28. The summed E-state index contributed by atoms with van der Waals surface area (Å²) in [6.07, 6.45) is 1.07. The zero-order valence-electron chi connectivity index (χ0n) is 12.3. The molecule has 8 heteroatoms. The predicted molar refractivity (Wildman–Crippen MR) is 81.0 cm³/mol. The molecule has 0 radical (unpaired) electrons. The second-order valence-corrected chi connectivity index (χ2v) is 5.91. The van der Waals surface area contributed by atoms with Crippen molar-refractivity contribution in [3.63, 3.8) is 0 Å². The maximum atomic E-state index is 12.4. The van der Waals surface area contributed by atoms with E-state index in [-0.39, 0.29) is 11.7 Å². The fourth-order valence-corrected chi connectivity index (χ4v) is 2.49. The molecule has 21 heavy (non-hydrogen) atoms. The summed E-state index contributed by atoms with van der Waals surface area (Å²) in [6.45, 7) is 4.00. The molecule has 2 amide bonds. The Morgan fingerprint density at radius 1 is 1.43 bits per heavy atom. The Kier molecular flexibility index (Phi) is 6.47. The number of hydrogen-bond donors (Lipinski definition) is 4. The number of nitrogens with one attached hydrogen (secondary N) is 1. The van der Waals surface area contributed by atoms with E-state index < -0.39 is 35.9 Å². The van der Waals surface area contributed by atoms with Crippen LogP contribution in [-0.2, 0) is 14.4 Å². The molecule has 1 fully saturated rings. The van der Waals surface area contributed by atoms with Crippen LogP contribution in [0, 0.1) is 5.92 Å². The number of nitrogens with zero attached hydrogens (tertiary/aromatic N) is 1. The molecule has 1 saturated heterocycles. The fourth-order valence-electron chi connectivity index (χ4n) is 2.24. The zero-order chi connectivity index (χ0) is 16.2. The van der Waals surface area contributed by atoms with Gasteiger partial charge in [-0.3, -0.25) is 9.59 Å². The minimum absolute atomic E-state index is 0.0563. The van der Waals surface area contributed by atoms with Crippen LogP contribution in [0.25, 0.3) is 0 Å². The molecule has 0 aromatic heterocycles. The van der Waals surface area contributed by atoms with Crippen molar-refractivity contribution in [3.8, 4) is 0 Å². The van der Waals surface area contributed by atoms with Crippen molar-refractivity contribution in [3.05, 3.63) is 0 Å². The van der Waals surface area contributed by atoms with Gasteiger partial charge in [0.05, 0.1) is 6.04 Å². The third-order valence-electron chi connectivity index (χ3n) is 3.64. The van der Waals surface area contributed by atoms with E-state index in [2.05, 4.69) is 17.9 Å². The van der Waals surface area contributed by atoms with Crippen molar-refractivity contribution in [2.75, 3.05) is 12.3 Å². The van der Waals surface area contributed by atoms with Crippen LogP contribution in [-0.4, -0.2) is 58.2 Å². The van der Waals surface area contributed by atoms with Crippen molar-refractivity contribution in [1.82, 2.24) is 10.2 Å². The summed E-state index contributed by atoms with van der Waals surface area (Å²) in [5.41, 5.74) is 5.74. The number of aliphatic carboxylic acids is 1. The lowest BCUT2D eigenvalue weighted by Gasteiger charge is -2.27. The van der Waals surface area contributed by atoms with E-state index in [0.717, 1.165) is 0 Å². The molecule has 1 heterocycles. The predicted octanol–water partition coefficient (Wildman–Crippen LogP) is -0.540. The molecule has 0 aromatic carbocycles. The summed E-state index contributed by atoms with van der Waals surface area (Å²) >= 11 is 4.07. The van der Waals surface area contributed by atoms with Gasteiger partial charge in [-0.2, -0.15) is 12.6 Å². The number of rotatable bonds is 6. The van der Waals surface area contributed by atoms with Crippen molar-refractivity contribution >= 4 is 30.4 Å². The molecule has 3 unspecified atom stereocenters. The van der Waals surface area contributed by atoms with E-state index in [9.17, 15) is 14.4 Å². The van der Waals surface area contributed by atoms with Gasteiger partial charge in [-0.25, -0.2) is 4.79 Å². The molecule has 1 aliphatic rings. The molecule has 1 aliphatic heterocycles. The van der Waals surface area contributed by atoms with Crippen molar-refractivity contribution in [2.24, 2.45) is 11.7 Å². The van der Waals surface area contributed by atoms with E-state index in [1.807, 2.05) is 13.8 Å². The van der Waals surface area contributed by atoms with E-state index in [1.54, 1.807) is 0 Å². The SMILES string of the molecule is CC(C)C(N)C(=O)NC(CS)C(=O)N1CCCC1C(=O)O. The summed E-state index contributed by atoms with van der Waals surface area (Å²) < 4.78 is 0. The van der Waals surface area contributed by atoms with Crippen LogP contribution in [0.5, 0.6) is 0 Å². The monoisotopic (exact) mass is 317 g/mol. The van der Waals surface area contributed by atoms with Gasteiger partial charge in [0.15, 0.2) is 0 Å². The number of carboxylic acids is 1. The number of carbonyl (C=O) groups is 3. The topological polar surface area (TPSA) is 113 Å². The largest absolute Gasteiger partial charge is 0.480 e. The molecule has 0 spiro atoms. The maximum Gasteiger partial charge on any atom is 0.326 e. The van der Waals surface area contributed by atoms with Gasteiger partial charge in [0.25, 0.3) is 0 Å². The molecule has 0 aliphatic carbocycles. The number of amides is 2. The van der Waals surface area contributed by atoms with Gasteiger partial charge in [0, 0.05) is 12.3 Å². The third-order valence-corrected chi connectivity index (χ3v) is 4.00. The second kappa shape index (κ2) is 7.65. The lowest BCUT2D eigenvalue weighted by atomic mass is 10.0. The Morgan fingerprint density at radius 3 is 2.52 bits per heavy atom. The van der Waals surface area contributed by atoms with Gasteiger partial charge >= 0.3 is 5.97 Å². The molecular formula is C13H23N3O4S. The Bertz CT molecular complexity index is 416. The number of thiol groups is 1. The van der Waals surface area contributed by atoms with Crippen LogP contribution < -0.4 is 11.1 Å². The standard InChI is InChI=1S/C13H23N3O4S/c1-7(2)10(14)11(17)15-8(6-21)12(18)16-5-3-4-9(16)13(19)20/h7-10,21H,3-6,14H2,1-2H3,(H,15,17)(H,19,20). The smallest absolute Gasteiger partial charge is 0.326 e. The summed E-state index contributed by atoms with van der Waals surface area (Å²) in [6, 6.07) is -2.39. The highest BCUT2D eigenvalue weighted by Crippen LogP contribution is 2.18. The Labute approximate surface area is 129 Å². The van der Waals surface area contributed by atoms with Crippen LogP contribution >= 0.6 is 12.6 Å². The first-order valence-electron chi connectivity index (χ1n) is 6.99. The molecule has 4 N–H and O–H groups in total. The molecule has 1 rings (SSSR count). The van der Waals surface area contributed by atoms with Crippen LogP contribution in [0.1, 0.15) is 26.7 Å². The first kappa shape index (κ1) is 17.8. The van der Waals surface area contributed by atoms with Gasteiger partial charge in [-0.05, 0) is 18.8 Å². The van der Waals surface area contributed by atoms with Gasteiger partial charge in [-0.1, -0.05) is 13.8 Å². The van der Waals surface area contributed by atoms with Crippen LogP contribution in [0.15, 0.2) is 0 Å². The number of carbonyl (C=O) groups excluding carboxylic acids is 2. The third kappa shape index (κ3) is 4.34. The van der Waals surface area contributed by atoms with Gasteiger partial charge in [-0.15, -0.1) is 0 Å². The van der Waals surface area contributed by atoms with E-state index >= 15 is 0 Å². The Balaban J connectivity index is 2.73. The molecule has 3 atom stereocenters. The molecular weight excluding hydrogens is 294 g/mol. The average Bonchev–Trinajstić information content (AvgIpc) is 2.92. The van der Waals surface area contributed by atoms with Crippen molar-refractivity contribution in [2.45, 2.75) is 44.8 Å². The first-order chi connectivity index (χ1) is 9.79. The minimum Gasteiger partial charge on any atom is -0.480 e. The summed E-state index contributed by atoms with van der Waals surface area (Å²) in [7, 11) is 0. The van der Waals surface area contributed by atoms with E-state index in [0.29, 0.717) is 19.4 Å². The van der Waals surface area contributed by atoms with Gasteiger partial charge in [0.2, 0.25) is 11.8 Å². The summed E-state index contributed by atoms with van der Waals surface area (Å²) in [4.78, 5) is 36.7. The highest BCUT2D eigenvalue weighted by atomic mass is 32.1. The molecule has 0 saturated carbocycles. The number of carboxylic acid groups (broad SMARTS) is 1. The second-order valence-electron chi connectivity index (χ2n) is 5.54. The molecule has 0 aromatic rings. The van der Waals surface area contributed by atoms with Crippen molar-refractivity contribution in [1.29, 1.82) is 0 Å². The van der Waals surface area contributed by atoms with Crippen LogP contribution in [0.2, 0.25) is 0 Å². The number of hydrogen-bond acceptors (Lipinski definition) is 5. The van der Waals surface area contributed by atoms with Crippen LogP contribution in [0.3, 0.4) is 0 Å². The quantitative estimate of drug-likeness (QED) is 0.492. The van der Waals surface area contributed by atoms with Crippen LogP contribution in [0.4, 0.5) is 0 Å². The van der Waals surface area contributed by atoms with E-state index in [4.69, 9.17) is 10.8 Å². The van der Waals surface area contributed by atoms with Crippen molar-refractivity contribution < 1.29 is 19.5 Å². The van der Waals surface area contributed by atoms with Gasteiger partial charge in [0.1, 0.15) is 12.1 Å².